The first-order valence-corrected chi connectivity index (χ1v) is 13.6. The van der Waals surface area contributed by atoms with Gasteiger partial charge >= 0.3 is 11.9 Å². The molecule has 232 valence electrons. The molecule has 0 bridgehead atoms. The zero-order valence-electron chi connectivity index (χ0n) is 23.9. The summed E-state index contributed by atoms with van der Waals surface area (Å²) in [6, 6.07) is 1.55. The number of amidine groups is 1. The molecule has 2 aliphatic rings. The molecule has 0 aliphatic carbocycles. The van der Waals surface area contributed by atoms with Crippen molar-refractivity contribution in [2.75, 3.05) is 33.3 Å². The number of aliphatic imine (C=N–C) groups is 1. The predicted molar refractivity (Wildman–Crippen MR) is 148 cm³/mol. The number of nitrogens with zero attached hydrogens (tertiary/aromatic N) is 4. The van der Waals surface area contributed by atoms with Crippen LogP contribution < -0.4 is 5.32 Å². The summed E-state index contributed by atoms with van der Waals surface area (Å²) in [5.41, 5.74) is -0.672. The maximum Gasteiger partial charge on any atom is 0.338 e. The second-order valence-corrected chi connectivity index (χ2v) is 11.6. The predicted octanol–water partition coefficient (Wildman–Crippen LogP) is 3.57. The zero-order chi connectivity index (χ0) is 31.7. The molecule has 11 nitrogen and oxygen atoms in total. The fourth-order valence-corrected chi connectivity index (χ4v) is 5.47. The monoisotopic (exact) mass is 625 g/mol. The van der Waals surface area contributed by atoms with E-state index in [-0.39, 0.29) is 53.0 Å². The molecule has 2 aliphatic heterocycles. The Morgan fingerprint density at radius 1 is 1.37 bits per heavy atom. The Morgan fingerprint density at radius 2 is 2.09 bits per heavy atom. The molecule has 0 radical (unpaired) electrons. The highest BCUT2D eigenvalue weighted by Gasteiger charge is 2.47. The Labute approximate surface area is 250 Å². The van der Waals surface area contributed by atoms with E-state index in [9.17, 15) is 32.7 Å². The minimum atomic E-state index is -3.14. The maximum absolute atomic E-state index is 14.9. The standard InChI is InChI=1S/C28H31ClF3N5O6/c1-15-22(33-13-43-15)24-34-20(21(25(39)42-4)23(35-24)18-6-5-16(30)7-19(18)29)10-37-12-28(31,32)8-17(37)9-36(14-38)11-27(2,3)26(40)41/h5-7,13-14,17,23H,8-12H2,1-4H3,(H,34,35)(H,40,41)/t17-,23+/m1/s1. The number of ether oxygens (including phenoxy) is 1. The molecule has 2 aromatic rings. The summed E-state index contributed by atoms with van der Waals surface area (Å²) in [6.45, 7) is 3.15. The highest BCUT2D eigenvalue weighted by molar-refractivity contribution is 6.31. The van der Waals surface area contributed by atoms with Crippen LogP contribution in [0.25, 0.3) is 0 Å². The molecule has 4 rings (SSSR count). The van der Waals surface area contributed by atoms with Gasteiger partial charge in [0, 0.05) is 48.4 Å². The lowest BCUT2D eigenvalue weighted by Gasteiger charge is -2.34. The molecule has 1 amide bonds. The number of esters is 1. The number of oxazole rings is 1. The van der Waals surface area contributed by atoms with E-state index in [0.717, 1.165) is 24.1 Å². The third-order valence-electron chi connectivity index (χ3n) is 7.38. The molecule has 0 unspecified atom stereocenters. The number of aryl methyl sites for hydroxylation is 1. The smallest absolute Gasteiger partial charge is 0.338 e. The van der Waals surface area contributed by atoms with E-state index in [0.29, 0.717) is 12.2 Å². The number of aromatic nitrogens is 1. The van der Waals surface area contributed by atoms with Gasteiger partial charge in [0.1, 0.15) is 23.3 Å². The number of alkyl halides is 2. The normalized spacial score (nSPS) is 20.4. The molecule has 2 N–H and O–H groups in total. The van der Waals surface area contributed by atoms with Crippen LogP contribution in [0.4, 0.5) is 13.2 Å². The van der Waals surface area contributed by atoms with E-state index >= 15 is 0 Å². The first-order valence-electron chi connectivity index (χ1n) is 13.2. The van der Waals surface area contributed by atoms with Gasteiger partial charge in [-0.05, 0) is 32.9 Å². The van der Waals surface area contributed by atoms with E-state index < -0.39 is 54.1 Å². The number of rotatable bonds is 11. The number of hydrogen-bond acceptors (Lipinski definition) is 9. The summed E-state index contributed by atoms with van der Waals surface area (Å²) >= 11 is 6.38. The highest BCUT2D eigenvalue weighted by Crippen LogP contribution is 2.39. The third kappa shape index (κ3) is 7.02. The number of benzene rings is 1. The number of likely N-dealkylation sites (tertiary alicyclic amines) is 1. The maximum atomic E-state index is 14.9. The molecule has 1 fully saturated rings. The fourth-order valence-electron chi connectivity index (χ4n) is 5.20. The van der Waals surface area contributed by atoms with Crippen molar-refractivity contribution < 1.29 is 41.8 Å². The molecule has 43 heavy (non-hydrogen) atoms. The van der Waals surface area contributed by atoms with Crippen molar-refractivity contribution in [1.29, 1.82) is 0 Å². The summed E-state index contributed by atoms with van der Waals surface area (Å²) in [6.07, 6.45) is 1.02. The van der Waals surface area contributed by atoms with E-state index in [1.807, 2.05) is 0 Å². The first kappa shape index (κ1) is 32.0. The van der Waals surface area contributed by atoms with Crippen molar-refractivity contribution in [3.8, 4) is 0 Å². The van der Waals surface area contributed by atoms with Crippen molar-refractivity contribution >= 4 is 35.8 Å². The lowest BCUT2D eigenvalue weighted by molar-refractivity contribution is -0.148. The Hall–Kier alpha value is -3.91. The van der Waals surface area contributed by atoms with Crippen molar-refractivity contribution in [2.45, 2.75) is 45.2 Å². The van der Waals surface area contributed by atoms with Gasteiger partial charge < -0.3 is 24.5 Å². The number of carbonyl (C=O) groups is 3. The number of carboxylic acid groups (broad SMARTS) is 1. The SMILES string of the molecule is COC(=O)C1=C(CN2CC(F)(F)C[C@@H]2CN(C=O)CC(C)(C)C(=O)O)NC(c2ncoc2C)=N[C@H]1c1ccc(F)cc1Cl. The van der Waals surface area contributed by atoms with Crippen molar-refractivity contribution in [3.63, 3.8) is 0 Å². The zero-order valence-corrected chi connectivity index (χ0v) is 24.6. The second kappa shape index (κ2) is 12.4. The van der Waals surface area contributed by atoms with Gasteiger partial charge in [0.25, 0.3) is 5.92 Å². The molecule has 0 spiro atoms. The lowest BCUT2D eigenvalue weighted by atomic mass is 9.93. The summed E-state index contributed by atoms with van der Waals surface area (Å²) in [5, 5.41) is 12.5. The van der Waals surface area contributed by atoms with Gasteiger partial charge in [0.2, 0.25) is 6.41 Å². The molecule has 2 atom stereocenters. The summed E-state index contributed by atoms with van der Waals surface area (Å²) in [4.78, 5) is 48.1. The molecule has 0 saturated carbocycles. The number of carboxylic acids is 1. The van der Waals surface area contributed by atoms with Gasteiger partial charge in [0.15, 0.2) is 12.2 Å². The third-order valence-corrected chi connectivity index (χ3v) is 7.70. The van der Waals surface area contributed by atoms with Crippen LogP contribution in [0.15, 0.2) is 45.3 Å². The minimum absolute atomic E-state index is 0.0270. The van der Waals surface area contributed by atoms with Gasteiger partial charge in [0.05, 0.1) is 24.6 Å². The number of carbonyl (C=O) groups excluding carboxylic acids is 2. The number of halogens is 4. The topological polar surface area (TPSA) is 138 Å². The second-order valence-electron chi connectivity index (χ2n) is 11.2. The molecule has 3 heterocycles. The Morgan fingerprint density at radius 3 is 2.67 bits per heavy atom. The van der Waals surface area contributed by atoms with Crippen LogP contribution in [0.3, 0.4) is 0 Å². The number of aliphatic carboxylic acids is 1. The number of hydrogen-bond donors (Lipinski definition) is 2. The summed E-state index contributed by atoms with van der Waals surface area (Å²) in [7, 11) is 1.15. The van der Waals surface area contributed by atoms with Crippen LogP contribution >= 0.6 is 11.6 Å². The van der Waals surface area contributed by atoms with Crippen molar-refractivity contribution in [1.82, 2.24) is 20.1 Å². The van der Waals surface area contributed by atoms with Gasteiger partial charge in [-0.3, -0.25) is 19.5 Å². The molecule has 1 saturated heterocycles. The molecule has 15 heteroatoms. The molecular formula is C28H31ClF3N5O6. The largest absolute Gasteiger partial charge is 0.481 e. The van der Waals surface area contributed by atoms with Crippen molar-refractivity contribution in [3.05, 3.63) is 63.7 Å². The first-order chi connectivity index (χ1) is 20.2. The van der Waals surface area contributed by atoms with Crippen LogP contribution in [-0.4, -0.2) is 89.3 Å². The van der Waals surface area contributed by atoms with E-state index in [1.54, 1.807) is 6.92 Å². The van der Waals surface area contributed by atoms with Gasteiger partial charge in [-0.25, -0.2) is 22.9 Å². The summed E-state index contributed by atoms with van der Waals surface area (Å²) < 4.78 is 54.0. The van der Waals surface area contributed by atoms with Crippen LogP contribution in [0.5, 0.6) is 0 Å². The Kier molecular flexibility index (Phi) is 9.21. The van der Waals surface area contributed by atoms with Crippen LogP contribution in [0, 0.1) is 18.2 Å². The average Bonchev–Trinajstić information content (AvgIpc) is 3.48. The van der Waals surface area contributed by atoms with Gasteiger partial charge in [-0.15, -0.1) is 0 Å². The number of amides is 1. The average molecular weight is 626 g/mol. The quantitative estimate of drug-likeness (QED) is 0.284. The molecule has 1 aromatic carbocycles. The number of methoxy groups -OCH3 is 1. The Balaban J connectivity index is 1.76. The molecule has 1 aromatic heterocycles. The van der Waals surface area contributed by atoms with Crippen LogP contribution in [0.2, 0.25) is 5.02 Å². The van der Waals surface area contributed by atoms with E-state index in [2.05, 4.69) is 15.3 Å². The van der Waals surface area contributed by atoms with E-state index in [1.165, 1.54) is 31.2 Å². The highest BCUT2D eigenvalue weighted by atomic mass is 35.5. The molecular weight excluding hydrogens is 595 g/mol. The number of nitrogens with one attached hydrogen (secondary N) is 1. The fraction of sp³-hybridized carbons (Fsp3) is 0.464. The van der Waals surface area contributed by atoms with Gasteiger partial charge in [-0.1, -0.05) is 17.7 Å². The van der Waals surface area contributed by atoms with Crippen LogP contribution in [0.1, 0.15) is 43.3 Å². The summed E-state index contributed by atoms with van der Waals surface area (Å²) in [5.74, 6) is -5.19. The Bertz CT molecular complexity index is 1480. The van der Waals surface area contributed by atoms with Crippen molar-refractivity contribution in [2.24, 2.45) is 10.4 Å². The van der Waals surface area contributed by atoms with E-state index in [4.69, 9.17) is 20.8 Å². The van der Waals surface area contributed by atoms with Gasteiger partial charge in [-0.2, -0.15) is 0 Å². The lowest BCUT2D eigenvalue weighted by Crippen LogP contribution is -2.47. The van der Waals surface area contributed by atoms with Crippen LogP contribution in [-0.2, 0) is 19.1 Å². The minimum Gasteiger partial charge on any atom is -0.481 e.